The van der Waals surface area contributed by atoms with E-state index in [1.165, 1.54) is 10.9 Å². The molecule has 1 aromatic heterocycles. The maximum atomic E-state index is 11.9. The number of hydrogen-bond donors (Lipinski definition) is 1. The number of halogens is 1. The predicted molar refractivity (Wildman–Crippen MR) is 99.3 cm³/mol. The van der Waals surface area contributed by atoms with Crippen molar-refractivity contribution in [1.29, 1.82) is 0 Å². The minimum Gasteiger partial charge on any atom is -0.356 e. The van der Waals surface area contributed by atoms with Crippen LogP contribution in [0, 0.1) is 0 Å². The molecule has 24 heavy (non-hydrogen) atoms. The van der Waals surface area contributed by atoms with Crippen LogP contribution in [-0.4, -0.2) is 17.0 Å². The van der Waals surface area contributed by atoms with Gasteiger partial charge in [0.2, 0.25) is 5.91 Å². The van der Waals surface area contributed by atoms with Crippen LogP contribution in [0.2, 0.25) is 5.02 Å². The third-order valence-electron chi connectivity index (χ3n) is 4.11. The lowest BCUT2D eigenvalue weighted by Crippen LogP contribution is -2.25. The quantitative estimate of drug-likeness (QED) is 0.634. The van der Waals surface area contributed by atoms with Gasteiger partial charge in [0.05, 0.1) is 0 Å². The van der Waals surface area contributed by atoms with Crippen LogP contribution in [0.15, 0.2) is 60.8 Å². The summed E-state index contributed by atoms with van der Waals surface area (Å²) in [7, 11) is 0. The molecule has 3 aromatic rings. The molecule has 0 unspecified atom stereocenters. The highest BCUT2D eigenvalue weighted by molar-refractivity contribution is 6.30. The van der Waals surface area contributed by atoms with Gasteiger partial charge in [-0.1, -0.05) is 41.9 Å². The Bertz CT molecular complexity index is 825. The second-order valence-corrected chi connectivity index (χ2v) is 6.34. The molecule has 0 spiro atoms. The van der Waals surface area contributed by atoms with Gasteiger partial charge in [-0.15, -0.1) is 0 Å². The molecule has 3 nitrogen and oxygen atoms in total. The molecule has 1 amide bonds. The summed E-state index contributed by atoms with van der Waals surface area (Å²) in [4.78, 5) is 11.9. The Balaban J connectivity index is 1.39. The van der Waals surface area contributed by atoms with Gasteiger partial charge in [-0.2, -0.15) is 0 Å². The first-order chi connectivity index (χ1) is 11.7. The van der Waals surface area contributed by atoms with Gasteiger partial charge >= 0.3 is 0 Å². The largest absolute Gasteiger partial charge is 0.356 e. The molecule has 2 aromatic carbocycles. The molecular weight excluding hydrogens is 320 g/mol. The Hall–Kier alpha value is -2.26. The Morgan fingerprint density at radius 3 is 2.83 bits per heavy atom. The molecule has 0 bridgehead atoms. The van der Waals surface area contributed by atoms with Gasteiger partial charge in [0.15, 0.2) is 0 Å². The van der Waals surface area contributed by atoms with Crippen LogP contribution in [0.5, 0.6) is 0 Å². The number of aryl methyl sites for hydroxylation is 2. The lowest BCUT2D eigenvalue weighted by molar-refractivity contribution is -0.121. The number of nitrogens with zero attached hydrogens (tertiary/aromatic N) is 1. The van der Waals surface area contributed by atoms with Crippen molar-refractivity contribution in [3.05, 3.63) is 71.4 Å². The van der Waals surface area contributed by atoms with E-state index < -0.39 is 0 Å². The van der Waals surface area contributed by atoms with E-state index in [4.69, 9.17) is 11.6 Å². The molecule has 0 saturated carbocycles. The number of hydrogen-bond acceptors (Lipinski definition) is 1. The summed E-state index contributed by atoms with van der Waals surface area (Å²) in [6, 6.07) is 18.1. The second-order valence-electron chi connectivity index (χ2n) is 5.90. The van der Waals surface area contributed by atoms with Crippen molar-refractivity contribution in [1.82, 2.24) is 9.88 Å². The maximum Gasteiger partial charge on any atom is 0.220 e. The zero-order valence-corrected chi connectivity index (χ0v) is 14.3. The molecule has 0 atom stereocenters. The van der Waals surface area contributed by atoms with Crippen LogP contribution in [-0.2, 0) is 17.8 Å². The van der Waals surface area contributed by atoms with Crippen LogP contribution in [0.1, 0.15) is 18.4 Å². The summed E-state index contributed by atoms with van der Waals surface area (Å²) in [6.07, 6.45) is 4.23. The maximum absolute atomic E-state index is 11.9. The van der Waals surface area contributed by atoms with Crippen molar-refractivity contribution < 1.29 is 4.79 Å². The summed E-state index contributed by atoms with van der Waals surface area (Å²) < 4.78 is 2.23. The van der Waals surface area contributed by atoms with E-state index in [9.17, 15) is 4.79 Å². The van der Waals surface area contributed by atoms with Gasteiger partial charge < -0.3 is 9.88 Å². The molecular formula is C20H21ClN2O. The average molecular weight is 341 g/mol. The number of aromatic nitrogens is 1. The Morgan fingerprint density at radius 2 is 1.96 bits per heavy atom. The van der Waals surface area contributed by atoms with Crippen LogP contribution < -0.4 is 5.32 Å². The zero-order valence-electron chi connectivity index (χ0n) is 13.5. The van der Waals surface area contributed by atoms with E-state index in [1.807, 2.05) is 30.3 Å². The first-order valence-corrected chi connectivity index (χ1v) is 8.65. The highest BCUT2D eigenvalue weighted by Gasteiger charge is 2.03. The number of carbonyl (C=O) groups is 1. The normalized spacial score (nSPS) is 10.9. The lowest BCUT2D eigenvalue weighted by atomic mass is 10.1. The van der Waals surface area contributed by atoms with Gasteiger partial charge in [-0.05, 0) is 48.1 Å². The Kier molecular flexibility index (Phi) is 5.55. The van der Waals surface area contributed by atoms with E-state index in [0.29, 0.717) is 24.4 Å². The number of para-hydroxylation sites is 1. The van der Waals surface area contributed by atoms with Gasteiger partial charge in [0.25, 0.3) is 0 Å². The third kappa shape index (κ3) is 4.39. The summed E-state index contributed by atoms with van der Waals surface area (Å²) in [5.74, 6) is 0.0901. The second kappa shape index (κ2) is 8.02. The summed E-state index contributed by atoms with van der Waals surface area (Å²) in [5.41, 5.74) is 2.33. The summed E-state index contributed by atoms with van der Waals surface area (Å²) >= 11 is 5.95. The number of benzene rings is 2. The molecule has 1 heterocycles. The van der Waals surface area contributed by atoms with E-state index >= 15 is 0 Å². The molecule has 3 rings (SSSR count). The minimum absolute atomic E-state index is 0.0901. The van der Waals surface area contributed by atoms with E-state index in [2.05, 4.69) is 40.3 Å². The topological polar surface area (TPSA) is 34.0 Å². The fourth-order valence-electron chi connectivity index (χ4n) is 2.85. The van der Waals surface area contributed by atoms with E-state index in [1.54, 1.807) is 0 Å². The highest BCUT2D eigenvalue weighted by Crippen LogP contribution is 2.15. The molecule has 0 radical (unpaired) electrons. The van der Waals surface area contributed by atoms with Crippen LogP contribution in [0.4, 0.5) is 0 Å². The lowest BCUT2D eigenvalue weighted by Gasteiger charge is -2.07. The molecule has 0 fully saturated rings. The van der Waals surface area contributed by atoms with Crippen molar-refractivity contribution in [2.24, 2.45) is 0 Å². The summed E-state index contributed by atoms with van der Waals surface area (Å²) in [6.45, 7) is 1.60. The first kappa shape index (κ1) is 16.6. The fraction of sp³-hybridized carbons (Fsp3) is 0.250. The SMILES string of the molecule is O=C(CCc1cccc(Cl)c1)NCCCn1ccc2ccccc21. The van der Waals surface area contributed by atoms with Crippen LogP contribution in [0.25, 0.3) is 10.9 Å². The smallest absolute Gasteiger partial charge is 0.220 e. The number of fused-ring (bicyclic) bond motifs is 1. The molecule has 0 aliphatic rings. The number of carbonyl (C=O) groups excluding carboxylic acids is 1. The highest BCUT2D eigenvalue weighted by atomic mass is 35.5. The molecule has 1 N–H and O–H groups in total. The van der Waals surface area contributed by atoms with Gasteiger partial charge in [-0.3, -0.25) is 4.79 Å². The van der Waals surface area contributed by atoms with Crippen molar-refractivity contribution in [3.63, 3.8) is 0 Å². The molecule has 0 saturated heterocycles. The van der Waals surface area contributed by atoms with E-state index in [0.717, 1.165) is 18.5 Å². The minimum atomic E-state index is 0.0901. The number of amides is 1. The predicted octanol–water partition coefficient (Wildman–Crippen LogP) is 4.43. The zero-order chi connectivity index (χ0) is 16.8. The van der Waals surface area contributed by atoms with Crippen molar-refractivity contribution >= 4 is 28.4 Å². The van der Waals surface area contributed by atoms with Crippen LogP contribution >= 0.6 is 11.6 Å². The molecule has 124 valence electrons. The average Bonchev–Trinajstić information content (AvgIpc) is 3.00. The standard InChI is InChI=1S/C20H21ClN2O/c21-18-7-3-5-16(15-18)9-10-20(24)22-12-4-13-23-14-11-17-6-1-2-8-19(17)23/h1-3,5-8,11,14-15H,4,9-10,12-13H2,(H,22,24). The van der Waals surface area contributed by atoms with E-state index in [-0.39, 0.29) is 5.91 Å². The van der Waals surface area contributed by atoms with Crippen molar-refractivity contribution in [2.75, 3.05) is 6.54 Å². The monoisotopic (exact) mass is 340 g/mol. The molecule has 4 heteroatoms. The number of nitrogens with one attached hydrogen (secondary N) is 1. The Morgan fingerprint density at radius 1 is 1.08 bits per heavy atom. The first-order valence-electron chi connectivity index (χ1n) is 8.27. The fourth-order valence-corrected chi connectivity index (χ4v) is 3.06. The summed E-state index contributed by atoms with van der Waals surface area (Å²) in [5, 5.41) is 4.96. The van der Waals surface area contributed by atoms with Crippen molar-refractivity contribution in [2.45, 2.75) is 25.8 Å². The van der Waals surface area contributed by atoms with Crippen LogP contribution in [0.3, 0.4) is 0 Å². The van der Waals surface area contributed by atoms with Gasteiger partial charge in [0.1, 0.15) is 0 Å². The van der Waals surface area contributed by atoms with Crippen molar-refractivity contribution in [3.8, 4) is 0 Å². The van der Waals surface area contributed by atoms with Gasteiger partial charge in [-0.25, -0.2) is 0 Å². The Labute approximate surface area is 147 Å². The molecule has 0 aliphatic heterocycles. The molecule has 0 aliphatic carbocycles. The van der Waals surface area contributed by atoms with Gasteiger partial charge in [0, 0.05) is 36.2 Å². The number of rotatable bonds is 7. The third-order valence-corrected chi connectivity index (χ3v) is 4.34.